The highest BCUT2D eigenvalue weighted by atomic mass is 35.5. The summed E-state index contributed by atoms with van der Waals surface area (Å²) in [6.45, 7) is 1.95. The maximum atomic E-state index is 13.3. The lowest BCUT2D eigenvalue weighted by molar-refractivity contribution is -0.132. The van der Waals surface area contributed by atoms with Crippen LogP contribution in [0.1, 0.15) is 22.7 Å². The Morgan fingerprint density at radius 2 is 1.64 bits per heavy atom. The first-order valence-corrected chi connectivity index (χ1v) is 11.6. The number of nitrogens with zero attached hydrogens (tertiary/aromatic N) is 2. The van der Waals surface area contributed by atoms with Gasteiger partial charge in [-0.15, -0.1) is 0 Å². The van der Waals surface area contributed by atoms with E-state index in [1.807, 2.05) is 31.2 Å². The zero-order valence-corrected chi connectivity index (χ0v) is 19.6. The second-order valence-corrected chi connectivity index (χ2v) is 9.58. The normalized spacial score (nSPS) is 17.8. The fourth-order valence-corrected chi connectivity index (χ4v) is 5.24. The zero-order chi connectivity index (χ0) is 23.3. The molecule has 1 N–H and O–H groups in total. The van der Waals surface area contributed by atoms with Gasteiger partial charge in [0, 0.05) is 15.6 Å². The molecule has 1 unspecified atom stereocenters. The third kappa shape index (κ3) is 3.80. The standard InChI is InChI=1S/C25H16Cl2N2O3S/c1-13-2-4-14(5-3-13)21-20(22(30)15-6-8-16(26)9-7-15)23(31)24(32)29(21)25-28-18-11-10-17(27)12-19(18)33-25/h2-12,21,30H,1H3/b22-20+. The molecule has 0 aliphatic carbocycles. The van der Waals surface area contributed by atoms with E-state index < -0.39 is 17.7 Å². The van der Waals surface area contributed by atoms with Crippen LogP contribution in [0.25, 0.3) is 16.0 Å². The molecule has 5 nitrogen and oxygen atoms in total. The van der Waals surface area contributed by atoms with Crippen molar-refractivity contribution in [2.75, 3.05) is 4.90 Å². The molecule has 0 spiro atoms. The van der Waals surface area contributed by atoms with E-state index in [0.29, 0.717) is 31.8 Å². The zero-order valence-electron chi connectivity index (χ0n) is 17.3. The molecular weight excluding hydrogens is 479 g/mol. The van der Waals surface area contributed by atoms with Crippen LogP contribution in [0.15, 0.2) is 72.3 Å². The molecule has 4 aromatic rings. The minimum Gasteiger partial charge on any atom is -0.507 e. The number of aliphatic hydroxyl groups excluding tert-OH is 1. The van der Waals surface area contributed by atoms with E-state index in [0.717, 1.165) is 10.3 Å². The minimum absolute atomic E-state index is 0.00321. The molecule has 8 heteroatoms. The van der Waals surface area contributed by atoms with Gasteiger partial charge in [0.1, 0.15) is 5.76 Å². The number of aromatic nitrogens is 1. The monoisotopic (exact) mass is 494 g/mol. The van der Waals surface area contributed by atoms with Gasteiger partial charge in [-0.1, -0.05) is 64.4 Å². The number of carbonyl (C=O) groups excluding carboxylic acids is 2. The lowest BCUT2D eigenvalue weighted by Crippen LogP contribution is -2.29. The van der Waals surface area contributed by atoms with Crippen molar-refractivity contribution in [3.05, 3.63) is 99.0 Å². The Morgan fingerprint density at radius 1 is 0.970 bits per heavy atom. The summed E-state index contributed by atoms with van der Waals surface area (Å²) in [6.07, 6.45) is 0. The van der Waals surface area contributed by atoms with Crippen molar-refractivity contribution in [1.82, 2.24) is 4.98 Å². The average Bonchev–Trinajstić information content (AvgIpc) is 3.32. The first-order chi connectivity index (χ1) is 15.8. The number of anilines is 1. The molecule has 1 aliphatic rings. The molecule has 1 aromatic heterocycles. The van der Waals surface area contributed by atoms with Gasteiger partial charge >= 0.3 is 5.91 Å². The maximum Gasteiger partial charge on any atom is 0.301 e. The Morgan fingerprint density at radius 3 is 2.33 bits per heavy atom. The predicted molar refractivity (Wildman–Crippen MR) is 132 cm³/mol. The molecule has 0 bridgehead atoms. The number of aliphatic hydroxyl groups is 1. The quantitative estimate of drug-likeness (QED) is 0.199. The molecular formula is C25H16Cl2N2O3S. The van der Waals surface area contributed by atoms with Crippen LogP contribution in [-0.2, 0) is 9.59 Å². The van der Waals surface area contributed by atoms with E-state index in [1.165, 1.54) is 16.2 Å². The number of aryl methyl sites for hydroxylation is 1. The molecule has 2 heterocycles. The molecule has 1 atom stereocenters. The van der Waals surface area contributed by atoms with E-state index in [2.05, 4.69) is 4.98 Å². The average molecular weight is 495 g/mol. The summed E-state index contributed by atoms with van der Waals surface area (Å²) in [4.78, 5) is 32.4. The lowest BCUT2D eigenvalue weighted by atomic mass is 9.95. The van der Waals surface area contributed by atoms with Crippen molar-refractivity contribution < 1.29 is 14.7 Å². The SMILES string of the molecule is Cc1ccc(C2/C(=C(\O)c3ccc(Cl)cc3)C(=O)C(=O)N2c2nc3ccc(Cl)cc3s2)cc1. The Hall–Kier alpha value is -3.19. The van der Waals surface area contributed by atoms with Gasteiger partial charge in [0.05, 0.1) is 21.8 Å². The van der Waals surface area contributed by atoms with Crippen LogP contribution in [0.3, 0.4) is 0 Å². The first kappa shape index (κ1) is 21.6. The van der Waals surface area contributed by atoms with Gasteiger partial charge in [0.25, 0.3) is 5.78 Å². The number of hydrogen-bond acceptors (Lipinski definition) is 5. The minimum atomic E-state index is -0.836. The number of fused-ring (bicyclic) bond motifs is 1. The Balaban J connectivity index is 1.73. The van der Waals surface area contributed by atoms with Gasteiger partial charge in [-0.3, -0.25) is 14.5 Å². The smallest absolute Gasteiger partial charge is 0.301 e. The van der Waals surface area contributed by atoms with Crippen LogP contribution >= 0.6 is 34.5 Å². The second kappa shape index (κ2) is 8.30. The summed E-state index contributed by atoms with van der Waals surface area (Å²) in [7, 11) is 0. The molecule has 0 saturated carbocycles. The highest BCUT2D eigenvalue weighted by Gasteiger charge is 2.48. The number of halogens is 2. The van der Waals surface area contributed by atoms with Gasteiger partial charge in [-0.05, 0) is 55.0 Å². The van der Waals surface area contributed by atoms with Crippen LogP contribution < -0.4 is 4.90 Å². The topological polar surface area (TPSA) is 70.5 Å². The molecule has 164 valence electrons. The summed E-state index contributed by atoms with van der Waals surface area (Å²) >= 11 is 13.4. The van der Waals surface area contributed by atoms with E-state index in [1.54, 1.807) is 42.5 Å². The maximum absolute atomic E-state index is 13.3. The number of benzene rings is 3. The Labute approximate surface area is 203 Å². The number of amides is 1. The molecule has 33 heavy (non-hydrogen) atoms. The number of thiazole rings is 1. The van der Waals surface area contributed by atoms with Gasteiger partial charge in [-0.25, -0.2) is 4.98 Å². The van der Waals surface area contributed by atoms with Crippen LogP contribution in [0.5, 0.6) is 0 Å². The molecule has 1 aliphatic heterocycles. The summed E-state index contributed by atoms with van der Waals surface area (Å²) < 4.78 is 0.791. The second-order valence-electron chi connectivity index (χ2n) is 7.70. The molecule has 5 rings (SSSR count). The number of carbonyl (C=O) groups is 2. The number of Topliss-reactive ketones (excluding diaryl/α,β-unsaturated/α-hetero) is 1. The van der Waals surface area contributed by atoms with E-state index in [4.69, 9.17) is 23.2 Å². The third-order valence-corrected chi connectivity index (χ3v) is 7.00. The van der Waals surface area contributed by atoms with Crippen LogP contribution in [-0.4, -0.2) is 21.8 Å². The van der Waals surface area contributed by atoms with Crippen molar-refractivity contribution >= 4 is 67.3 Å². The first-order valence-electron chi connectivity index (χ1n) is 10.0. The molecule has 0 radical (unpaired) electrons. The van der Waals surface area contributed by atoms with E-state index >= 15 is 0 Å². The van der Waals surface area contributed by atoms with Gasteiger partial charge in [-0.2, -0.15) is 0 Å². The van der Waals surface area contributed by atoms with Crippen molar-refractivity contribution in [1.29, 1.82) is 0 Å². The number of hydrogen-bond donors (Lipinski definition) is 1. The van der Waals surface area contributed by atoms with Gasteiger partial charge < -0.3 is 5.11 Å². The molecule has 1 amide bonds. The van der Waals surface area contributed by atoms with Crippen molar-refractivity contribution in [3.8, 4) is 0 Å². The predicted octanol–water partition coefficient (Wildman–Crippen LogP) is 6.54. The van der Waals surface area contributed by atoms with E-state index in [9.17, 15) is 14.7 Å². The number of ketones is 1. The van der Waals surface area contributed by atoms with Gasteiger partial charge in [0.2, 0.25) is 0 Å². The van der Waals surface area contributed by atoms with E-state index in [-0.39, 0.29) is 11.3 Å². The summed E-state index contributed by atoms with van der Waals surface area (Å²) in [5.74, 6) is -1.78. The highest BCUT2D eigenvalue weighted by molar-refractivity contribution is 7.22. The van der Waals surface area contributed by atoms with Crippen molar-refractivity contribution in [2.45, 2.75) is 13.0 Å². The summed E-state index contributed by atoms with van der Waals surface area (Å²) in [5, 5.41) is 12.5. The van der Waals surface area contributed by atoms with Crippen LogP contribution in [0.4, 0.5) is 5.13 Å². The Kier molecular flexibility index (Phi) is 5.44. The fourth-order valence-electron chi connectivity index (χ4n) is 3.85. The Bertz CT molecular complexity index is 1440. The summed E-state index contributed by atoms with van der Waals surface area (Å²) in [6, 6.07) is 18.4. The number of rotatable bonds is 3. The summed E-state index contributed by atoms with van der Waals surface area (Å²) in [5.41, 5.74) is 2.78. The largest absolute Gasteiger partial charge is 0.507 e. The van der Waals surface area contributed by atoms with Crippen LogP contribution in [0, 0.1) is 6.92 Å². The van der Waals surface area contributed by atoms with Crippen molar-refractivity contribution in [2.24, 2.45) is 0 Å². The lowest BCUT2D eigenvalue weighted by Gasteiger charge is -2.23. The molecule has 3 aromatic carbocycles. The van der Waals surface area contributed by atoms with Gasteiger partial charge in [0.15, 0.2) is 5.13 Å². The molecule has 1 fully saturated rings. The fraction of sp³-hybridized carbons (Fsp3) is 0.0800. The highest BCUT2D eigenvalue weighted by Crippen LogP contribution is 2.44. The van der Waals surface area contributed by atoms with Crippen LogP contribution in [0.2, 0.25) is 10.0 Å². The third-order valence-electron chi connectivity index (χ3n) is 5.50. The molecule has 1 saturated heterocycles. The van der Waals surface area contributed by atoms with Crippen molar-refractivity contribution in [3.63, 3.8) is 0 Å².